The lowest BCUT2D eigenvalue weighted by molar-refractivity contribution is -0.115. The summed E-state index contributed by atoms with van der Waals surface area (Å²) in [5.41, 5.74) is 2.35. The van der Waals surface area contributed by atoms with Crippen LogP contribution in [0.15, 0.2) is 112 Å². The normalized spacial score (nSPS) is 11.9. The summed E-state index contributed by atoms with van der Waals surface area (Å²) in [5.74, 6) is -1.14. The van der Waals surface area contributed by atoms with Crippen LogP contribution in [-0.2, 0) is 9.59 Å². The molecule has 2 heterocycles. The number of thiophene rings is 1. The van der Waals surface area contributed by atoms with Crippen LogP contribution < -0.4 is 16.0 Å². The van der Waals surface area contributed by atoms with Crippen molar-refractivity contribution < 1.29 is 14.4 Å². The molecule has 0 aliphatic rings. The second-order valence-corrected chi connectivity index (χ2v) is 12.8. The Balaban J connectivity index is 1.26. The first kappa shape index (κ1) is 30.2. The Morgan fingerprint density at radius 2 is 1.70 bits per heavy atom. The van der Waals surface area contributed by atoms with Gasteiger partial charge in [0.25, 0.3) is 11.8 Å². The average molecular weight is 645 g/mol. The van der Waals surface area contributed by atoms with Gasteiger partial charge in [0.05, 0.1) is 15.8 Å². The minimum absolute atomic E-state index is 0.0260. The van der Waals surface area contributed by atoms with Gasteiger partial charge in [0.2, 0.25) is 5.91 Å². The number of halogens is 1. The van der Waals surface area contributed by atoms with E-state index in [0.29, 0.717) is 27.0 Å². The van der Waals surface area contributed by atoms with Crippen molar-refractivity contribution in [2.45, 2.75) is 17.1 Å². The molecule has 7 nitrogen and oxygen atoms in total. The van der Waals surface area contributed by atoms with Crippen LogP contribution in [0.2, 0.25) is 5.02 Å². The number of hydrogen-bond acceptors (Lipinski definition) is 7. The maximum Gasteiger partial charge on any atom is 0.272 e. The highest BCUT2D eigenvalue weighted by Crippen LogP contribution is 2.30. The molecule has 1 unspecified atom stereocenters. The van der Waals surface area contributed by atoms with Crippen molar-refractivity contribution >= 4 is 80.7 Å². The van der Waals surface area contributed by atoms with E-state index in [1.165, 1.54) is 29.2 Å². The third kappa shape index (κ3) is 8.20. The van der Waals surface area contributed by atoms with E-state index in [0.717, 1.165) is 15.5 Å². The number of carbonyl (C=O) groups excluding carboxylic acids is 3. The summed E-state index contributed by atoms with van der Waals surface area (Å²) in [6.07, 6.45) is 1.53. The molecule has 0 aliphatic carbocycles. The molecule has 5 aromatic rings. The number of thioether (sulfide) groups is 1. The van der Waals surface area contributed by atoms with E-state index in [4.69, 9.17) is 11.6 Å². The van der Waals surface area contributed by atoms with Crippen LogP contribution in [0.25, 0.3) is 16.6 Å². The maximum absolute atomic E-state index is 13.4. The molecule has 5 rings (SSSR count). The first-order valence-electron chi connectivity index (χ1n) is 13.1. The van der Waals surface area contributed by atoms with E-state index in [-0.39, 0.29) is 11.6 Å². The highest BCUT2D eigenvalue weighted by Gasteiger charge is 2.19. The van der Waals surface area contributed by atoms with E-state index in [2.05, 4.69) is 20.9 Å². The zero-order valence-corrected chi connectivity index (χ0v) is 25.9. The second-order valence-electron chi connectivity index (χ2n) is 9.15. The van der Waals surface area contributed by atoms with Gasteiger partial charge in [-0.25, -0.2) is 4.98 Å². The SMILES string of the molecule is CC(Sc1cccc(NC(=O)/C(=C\c2ccccc2Cl)NC(=O)c2ccccc2)c1)C(=O)Nc1nc(-c2cccs2)cs1. The molecule has 3 amide bonds. The Kier molecular flexibility index (Phi) is 10.1. The Morgan fingerprint density at radius 1 is 0.907 bits per heavy atom. The minimum atomic E-state index is -0.526. The molecular formula is C32H25ClN4O3S3. The quantitative estimate of drug-likeness (QED) is 0.105. The molecular weight excluding hydrogens is 620 g/mol. The highest BCUT2D eigenvalue weighted by atomic mass is 35.5. The molecule has 0 aliphatic heterocycles. The molecule has 0 spiro atoms. The van der Waals surface area contributed by atoms with E-state index in [9.17, 15) is 14.4 Å². The van der Waals surface area contributed by atoms with Crippen molar-refractivity contribution in [1.82, 2.24) is 10.3 Å². The Labute approximate surface area is 266 Å². The van der Waals surface area contributed by atoms with E-state index in [1.807, 2.05) is 35.9 Å². The van der Waals surface area contributed by atoms with Crippen LogP contribution >= 0.6 is 46.0 Å². The number of nitrogens with one attached hydrogen (secondary N) is 3. The lowest BCUT2D eigenvalue weighted by Gasteiger charge is -2.14. The van der Waals surface area contributed by atoms with Gasteiger partial charge in [0, 0.05) is 26.5 Å². The Bertz CT molecular complexity index is 1770. The molecule has 43 heavy (non-hydrogen) atoms. The van der Waals surface area contributed by atoms with Crippen molar-refractivity contribution in [2.24, 2.45) is 0 Å². The van der Waals surface area contributed by atoms with Gasteiger partial charge in [-0.2, -0.15) is 0 Å². The second kappa shape index (κ2) is 14.3. The fourth-order valence-corrected chi connectivity index (χ4v) is 6.46. The lowest BCUT2D eigenvalue weighted by Crippen LogP contribution is -2.30. The number of amides is 3. The van der Waals surface area contributed by atoms with Crippen molar-refractivity contribution in [2.75, 3.05) is 10.6 Å². The molecule has 2 aromatic heterocycles. The van der Waals surface area contributed by atoms with Crippen LogP contribution in [0, 0.1) is 0 Å². The summed E-state index contributed by atoms with van der Waals surface area (Å²) in [6.45, 7) is 1.81. The molecule has 0 fully saturated rings. The van der Waals surface area contributed by atoms with Crippen molar-refractivity contribution in [3.63, 3.8) is 0 Å². The van der Waals surface area contributed by atoms with Crippen LogP contribution in [0.3, 0.4) is 0 Å². The number of rotatable bonds is 10. The summed E-state index contributed by atoms with van der Waals surface area (Å²) in [6, 6.07) is 26.8. The van der Waals surface area contributed by atoms with Gasteiger partial charge in [-0.15, -0.1) is 34.4 Å². The number of nitrogens with zero attached hydrogens (tertiary/aromatic N) is 1. The van der Waals surface area contributed by atoms with Gasteiger partial charge in [-0.1, -0.05) is 60.1 Å². The van der Waals surface area contributed by atoms with E-state index in [1.54, 1.807) is 84.1 Å². The molecule has 11 heteroatoms. The number of hydrogen-bond donors (Lipinski definition) is 3. The third-order valence-corrected chi connectivity index (χ3v) is 9.10. The van der Waals surface area contributed by atoms with Gasteiger partial charge in [0.1, 0.15) is 5.70 Å². The topological polar surface area (TPSA) is 100 Å². The number of aromatic nitrogens is 1. The first-order valence-corrected chi connectivity index (χ1v) is 16.1. The average Bonchev–Trinajstić information content (AvgIpc) is 3.71. The van der Waals surface area contributed by atoms with Gasteiger partial charge < -0.3 is 16.0 Å². The summed E-state index contributed by atoms with van der Waals surface area (Å²) in [7, 11) is 0. The van der Waals surface area contributed by atoms with Crippen LogP contribution in [0.4, 0.5) is 10.8 Å². The van der Waals surface area contributed by atoms with Crippen molar-refractivity contribution in [3.05, 3.63) is 124 Å². The molecule has 3 N–H and O–H groups in total. The summed E-state index contributed by atoms with van der Waals surface area (Å²) in [4.78, 5) is 45.6. The summed E-state index contributed by atoms with van der Waals surface area (Å²) < 4.78 is 0. The zero-order chi connectivity index (χ0) is 30.2. The van der Waals surface area contributed by atoms with Gasteiger partial charge in [0.15, 0.2) is 5.13 Å². The smallest absolute Gasteiger partial charge is 0.272 e. The highest BCUT2D eigenvalue weighted by molar-refractivity contribution is 8.00. The van der Waals surface area contributed by atoms with E-state index < -0.39 is 17.1 Å². The fourth-order valence-electron chi connectivity index (χ4n) is 3.87. The summed E-state index contributed by atoms with van der Waals surface area (Å²) >= 11 is 10.7. The lowest BCUT2D eigenvalue weighted by atomic mass is 10.1. The predicted octanol–water partition coefficient (Wildman–Crippen LogP) is 8.05. The molecule has 0 saturated heterocycles. The van der Waals surface area contributed by atoms with Gasteiger partial charge in [-0.3, -0.25) is 14.4 Å². The largest absolute Gasteiger partial charge is 0.321 e. The molecule has 0 bridgehead atoms. The van der Waals surface area contributed by atoms with Crippen LogP contribution in [-0.4, -0.2) is 28.0 Å². The standard InChI is InChI=1S/C32H25ClN4O3S3/c1-20(29(38)37-32-36-27(19-42-32)28-15-8-16-41-28)43-24-13-7-12-23(18-24)34-31(40)26(17-22-11-5-6-14-25(22)33)35-30(39)21-9-3-2-4-10-21/h2-20H,1H3,(H,34,40)(H,35,39)(H,36,37,38)/b26-17+. The fraction of sp³-hybridized carbons (Fsp3) is 0.0625. The van der Waals surface area contributed by atoms with Gasteiger partial charge in [-0.05, 0) is 66.4 Å². The predicted molar refractivity (Wildman–Crippen MR) is 178 cm³/mol. The Morgan fingerprint density at radius 3 is 2.47 bits per heavy atom. The number of carbonyl (C=O) groups is 3. The third-order valence-electron chi connectivity index (χ3n) is 6.02. The monoisotopic (exact) mass is 644 g/mol. The summed E-state index contributed by atoms with van der Waals surface area (Å²) in [5, 5.41) is 12.9. The maximum atomic E-state index is 13.4. The zero-order valence-electron chi connectivity index (χ0n) is 22.7. The molecule has 216 valence electrons. The molecule has 1 atom stereocenters. The van der Waals surface area contributed by atoms with Gasteiger partial charge >= 0.3 is 0 Å². The molecule has 0 saturated carbocycles. The minimum Gasteiger partial charge on any atom is -0.321 e. The molecule has 3 aromatic carbocycles. The first-order chi connectivity index (χ1) is 20.9. The molecule has 0 radical (unpaired) electrons. The van der Waals surface area contributed by atoms with Crippen molar-refractivity contribution in [3.8, 4) is 10.6 Å². The Hall–Kier alpha value is -4.22. The number of thiazole rings is 1. The van der Waals surface area contributed by atoms with Crippen LogP contribution in [0.5, 0.6) is 0 Å². The van der Waals surface area contributed by atoms with E-state index >= 15 is 0 Å². The number of benzene rings is 3. The van der Waals surface area contributed by atoms with Crippen LogP contribution in [0.1, 0.15) is 22.8 Å². The van der Waals surface area contributed by atoms with Crippen molar-refractivity contribution in [1.29, 1.82) is 0 Å². The number of anilines is 2.